The molecule has 4 rings (SSSR count). The van der Waals surface area contributed by atoms with Gasteiger partial charge in [-0.25, -0.2) is 14.6 Å². The van der Waals surface area contributed by atoms with Gasteiger partial charge in [0.25, 0.3) is 0 Å². The molecule has 0 aliphatic carbocycles. The summed E-state index contributed by atoms with van der Waals surface area (Å²) in [4.78, 5) is 31.0. The lowest BCUT2D eigenvalue weighted by Crippen LogP contribution is -2.12. The second-order valence-electron chi connectivity index (χ2n) is 7.43. The number of ether oxygens (including phenoxy) is 1. The van der Waals surface area contributed by atoms with Crippen LogP contribution in [-0.2, 0) is 30.8 Å². The average Bonchev–Trinajstić information content (AvgIpc) is 3.22. The highest BCUT2D eigenvalue weighted by Crippen LogP contribution is 2.21. The van der Waals surface area contributed by atoms with Crippen LogP contribution >= 0.6 is 0 Å². The van der Waals surface area contributed by atoms with Gasteiger partial charge in [0, 0.05) is 12.0 Å². The summed E-state index contributed by atoms with van der Waals surface area (Å²) >= 11 is 0. The predicted octanol–water partition coefficient (Wildman–Crippen LogP) is 4.46. The number of para-hydroxylation sites is 1. The second kappa shape index (κ2) is 9.45. The Morgan fingerprint density at radius 2 is 1.53 bits per heavy atom. The van der Waals surface area contributed by atoms with Gasteiger partial charge in [-0.05, 0) is 29.7 Å². The molecule has 0 aliphatic heterocycles. The van der Waals surface area contributed by atoms with E-state index in [-0.39, 0.29) is 24.3 Å². The van der Waals surface area contributed by atoms with Crippen LogP contribution in [0.15, 0.2) is 66.7 Å². The molecule has 0 bridgehead atoms. The molecule has 0 amide bonds. The van der Waals surface area contributed by atoms with Crippen molar-refractivity contribution in [2.75, 3.05) is 0 Å². The van der Waals surface area contributed by atoms with Crippen molar-refractivity contribution in [3.63, 3.8) is 0 Å². The largest absolute Gasteiger partial charge is 0.478 e. The second-order valence-corrected chi connectivity index (χ2v) is 7.43. The standard InChI is InChI=1S/C25H22N2O5/c28-24(29)19-10-4-8-17(22(19)25(30)31)14-32-15-18-9-5-11-20-23(18)27-21(26-20)13-12-16-6-2-1-3-7-16/h1-11H,12-15H2,(H,26,27)(H,28,29)(H,30,31). The smallest absolute Gasteiger partial charge is 0.336 e. The number of carboxylic acid groups (broad SMARTS) is 2. The molecule has 32 heavy (non-hydrogen) atoms. The summed E-state index contributed by atoms with van der Waals surface area (Å²) in [5.74, 6) is -1.69. The summed E-state index contributed by atoms with van der Waals surface area (Å²) in [6, 6.07) is 20.3. The molecule has 0 fully saturated rings. The zero-order valence-electron chi connectivity index (χ0n) is 17.2. The van der Waals surface area contributed by atoms with Crippen molar-refractivity contribution in [3.8, 4) is 0 Å². The molecule has 3 aromatic carbocycles. The Bertz CT molecular complexity index is 1260. The van der Waals surface area contributed by atoms with Crippen molar-refractivity contribution >= 4 is 23.0 Å². The number of fused-ring (bicyclic) bond motifs is 1. The van der Waals surface area contributed by atoms with Crippen molar-refractivity contribution < 1.29 is 24.5 Å². The van der Waals surface area contributed by atoms with Crippen molar-refractivity contribution in [1.82, 2.24) is 9.97 Å². The lowest BCUT2D eigenvalue weighted by atomic mass is 10.0. The van der Waals surface area contributed by atoms with Gasteiger partial charge in [0.2, 0.25) is 0 Å². The summed E-state index contributed by atoms with van der Waals surface area (Å²) in [5.41, 5.74) is 3.65. The maximum Gasteiger partial charge on any atom is 0.336 e. The zero-order valence-corrected chi connectivity index (χ0v) is 17.2. The van der Waals surface area contributed by atoms with E-state index < -0.39 is 11.9 Å². The molecule has 1 aromatic heterocycles. The van der Waals surface area contributed by atoms with E-state index in [1.54, 1.807) is 6.07 Å². The van der Waals surface area contributed by atoms with Gasteiger partial charge in [-0.15, -0.1) is 0 Å². The lowest BCUT2D eigenvalue weighted by Gasteiger charge is -2.10. The fourth-order valence-corrected chi connectivity index (χ4v) is 3.71. The highest BCUT2D eigenvalue weighted by Gasteiger charge is 2.20. The molecular weight excluding hydrogens is 408 g/mol. The first kappa shape index (κ1) is 21.3. The topological polar surface area (TPSA) is 113 Å². The monoisotopic (exact) mass is 430 g/mol. The zero-order chi connectivity index (χ0) is 22.5. The van der Waals surface area contributed by atoms with Gasteiger partial charge in [-0.3, -0.25) is 0 Å². The maximum atomic E-state index is 11.6. The minimum Gasteiger partial charge on any atom is -0.478 e. The molecule has 0 saturated heterocycles. The molecule has 7 nitrogen and oxygen atoms in total. The molecule has 162 valence electrons. The van der Waals surface area contributed by atoms with Gasteiger partial charge < -0.3 is 19.9 Å². The highest BCUT2D eigenvalue weighted by molar-refractivity contribution is 6.02. The Labute approximate surface area is 184 Å². The van der Waals surface area contributed by atoms with Crippen LogP contribution in [0.1, 0.15) is 43.2 Å². The first-order chi connectivity index (χ1) is 15.5. The summed E-state index contributed by atoms with van der Waals surface area (Å²) in [6.45, 7) is 0.196. The number of rotatable bonds is 9. The van der Waals surface area contributed by atoms with E-state index in [9.17, 15) is 19.8 Å². The molecule has 3 N–H and O–H groups in total. The van der Waals surface area contributed by atoms with Crippen LogP contribution in [0.5, 0.6) is 0 Å². The number of aromatic nitrogens is 2. The molecule has 4 aromatic rings. The first-order valence-corrected chi connectivity index (χ1v) is 10.2. The minimum atomic E-state index is -1.29. The Morgan fingerprint density at radius 3 is 2.28 bits per heavy atom. The molecule has 0 unspecified atom stereocenters. The number of benzene rings is 3. The number of hydrogen-bond donors (Lipinski definition) is 3. The third-order valence-electron chi connectivity index (χ3n) is 5.25. The molecular formula is C25H22N2O5. The van der Waals surface area contributed by atoms with E-state index in [1.807, 2.05) is 36.4 Å². The van der Waals surface area contributed by atoms with Gasteiger partial charge in [-0.1, -0.05) is 54.6 Å². The van der Waals surface area contributed by atoms with Crippen LogP contribution < -0.4 is 0 Å². The molecule has 0 saturated carbocycles. The number of hydrogen-bond acceptors (Lipinski definition) is 4. The minimum absolute atomic E-state index is 0.0234. The van der Waals surface area contributed by atoms with Crippen LogP contribution in [0.4, 0.5) is 0 Å². The normalized spacial score (nSPS) is 11.0. The summed E-state index contributed by atoms with van der Waals surface area (Å²) in [7, 11) is 0. The summed E-state index contributed by atoms with van der Waals surface area (Å²) in [5, 5.41) is 18.7. The quantitative estimate of drug-likeness (QED) is 0.361. The average molecular weight is 430 g/mol. The number of nitrogens with zero attached hydrogens (tertiary/aromatic N) is 1. The molecule has 0 radical (unpaired) electrons. The van der Waals surface area contributed by atoms with Gasteiger partial charge in [0.05, 0.1) is 35.4 Å². The summed E-state index contributed by atoms with van der Waals surface area (Å²) in [6.07, 6.45) is 1.66. The van der Waals surface area contributed by atoms with Crippen LogP contribution in [0.3, 0.4) is 0 Å². The van der Waals surface area contributed by atoms with Crippen molar-refractivity contribution in [3.05, 3.63) is 100 Å². The van der Waals surface area contributed by atoms with Gasteiger partial charge >= 0.3 is 11.9 Å². The number of aryl methyl sites for hydroxylation is 2. The van der Waals surface area contributed by atoms with Crippen molar-refractivity contribution in [1.29, 1.82) is 0 Å². The molecule has 0 aliphatic rings. The number of imidazole rings is 1. The molecule has 0 spiro atoms. The first-order valence-electron chi connectivity index (χ1n) is 10.2. The number of H-pyrrole nitrogens is 1. The number of nitrogens with one attached hydrogen (secondary N) is 1. The molecule has 1 heterocycles. The Morgan fingerprint density at radius 1 is 0.812 bits per heavy atom. The molecule has 0 atom stereocenters. The van der Waals surface area contributed by atoms with Crippen molar-refractivity contribution in [2.45, 2.75) is 26.1 Å². The van der Waals surface area contributed by atoms with E-state index in [0.717, 1.165) is 35.3 Å². The van der Waals surface area contributed by atoms with E-state index in [4.69, 9.17) is 9.72 Å². The number of aromatic carboxylic acids is 2. The fraction of sp³-hybridized carbons (Fsp3) is 0.160. The number of aromatic amines is 1. The van der Waals surface area contributed by atoms with E-state index in [0.29, 0.717) is 5.56 Å². The van der Waals surface area contributed by atoms with Gasteiger partial charge in [-0.2, -0.15) is 0 Å². The Hall–Kier alpha value is -3.97. The highest BCUT2D eigenvalue weighted by atomic mass is 16.5. The lowest BCUT2D eigenvalue weighted by molar-refractivity contribution is 0.0642. The third-order valence-corrected chi connectivity index (χ3v) is 5.25. The maximum absolute atomic E-state index is 11.6. The van der Waals surface area contributed by atoms with E-state index in [2.05, 4.69) is 17.1 Å². The number of carboxylic acids is 2. The third kappa shape index (κ3) is 4.68. The van der Waals surface area contributed by atoms with E-state index >= 15 is 0 Å². The molecule has 7 heteroatoms. The number of carbonyl (C=O) groups is 2. The van der Waals surface area contributed by atoms with Crippen molar-refractivity contribution in [2.24, 2.45) is 0 Å². The SMILES string of the molecule is O=C(O)c1cccc(COCc2cccc3[nH]c(CCc4ccccc4)nc23)c1C(=O)O. The van der Waals surface area contributed by atoms with E-state index in [1.165, 1.54) is 17.7 Å². The fourth-order valence-electron chi connectivity index (χ4n) is 3.71. The predicted molar refractivity (Wildman–Crippen MR) is 119 cm³/mol. The Balaban J connectivity index is 1.47. The summed E-state index contributed by atoms with van der Waals surface area (Å²) < 4.78 is 5.77. The van der Waals surface area contributed by atoms with Crippen LogP contribution in [0.25, 0.3) is 11.0 Å². The van der Waals surface area contributed by atoms with Crippen LogP contribution in [-0.4, -0.2) is 32.1 Å². The van der Waals surface area contributed by atoms with Gasteiger partial charge in [0.1, 0.15) is 5.82 Å². The van der Waals surface area contributed by atoms with Crippen LogP contribution in [0, 0.1) is 0 Å². The Kier molecular flexibility index (Phi) is 6.28. The van der Waals surface area contributed by atoms with Crippen LogP contribution in [0.2, 0.25) is 0 Å². The van der Waals surface area contributed by atoms with Gasteiger partial charge in [0.15, 0.2) is 0 Å².